The van der Waals surface area contributed by atoms with E-state index in [2.05, 4.69) is 0 Å². The molecule has 0 radical (unpaired) electrons. The zero-order chi connectivity index (χ0) is 7.23. The molecule has 0 spiro atoms. The molecule has 0 aromatic heterocycles. The van der Waals surface area contributed by atoms with Gasteiger partial charge in [-0.3, -0.25) is 0 Å². The van der Waals surface area contributed by atoms with Crippen LogP contribution in [0, 0.1) is 5.41 Å². The number of hydrogen-bond acceptors (Lipinski definition) is 4. The van der Waals surface area contributed by atoms with E-state index in [1.54, 1.807) is 6.92 Å². The van der Waals surface area contributed by atoms with Crippen LogP contribution in [-0.4, -0.2) is 11.4 Å². The Bertz CT molecular complexity index is 197. The first-order valence-electron chi connectivity index (χ1n) is 2.62. The summed E-state index contributed by atoms with van der Waals surface area (Å²) in [7, 11) is 0. The van der Waals surface area contributed by atoms with Gasteiger partial charge in [-0.05, 0) is 6.92 Å². The predicted octanol–water partition coefficient (Wildman–Crippen LogP) is -1.13. The third kappa shape index (κ3) is 0.639. The van der Waals surface area contributed by atoms with E-state index in [1.807, 2.05) is 0 Å². The van der Waals surface area contributed by atoms with Crippen LogP contribution in [0.15, 0.2) is 11.3 Å². The van der Waals surface area contributed by atoms with Gasteiger partial charge in [0, 0.05) is 11.3 Å². The van der Waals surface area contributed by atoms with Crippen molar-refractivity contribution < 1.29 is 0 Å². The molecule has 9 heavy (non-hydrogen) atoms. The predicted molar refractivity (Wildman–Crippen MR) is 35.7 cm³/mol. The molecule has 0 unspecified atom stereocenters. The fourth-order valence-corrected chi connectivity index (χ4v) is 0.834. The zero-order valence-electron chi connectivity index (χ0n) is 5.23. The van der Waals surface area contributed by atoms with E-state index in [1.165, 1.54) is 0 Å². The first-order valence-corrected chi connectivity index (χ1v) is 2.62. The number of rotatable bonds is 0. The summed E-state index contributed by atoms with van der Waals surface area (Å²) in [6.45, 7) is 1.69. The average molecular weight is 126 g/mol. The molecular weight excluding hydrogens is 116 g/mol. The van der Waals surface area contributed by atoms with Crippen molar-refractivity contribution in [3.63, 3.8) is 0 Å². The topological polar surface area (TPSA) is 102 Å². The lowest BCUT2D eigenvalue weighted by molar-refractivity contribution is 0.819. The Hall–Kier alpha value is -0.870. The Balaban J connectivity index is 2.99. The van der Waals surface area contributed by atoms with Crippen LogP contribution < -0.4 is 17.2 Å². The number of nitrogens with one attached hydrogen (secondary N) is 1. The summed E-state index contributed by atoms with van der Waals surface area (Å²) >= 11 is 0. The van der Waals surface area contributed by atoms with Gasteiger partial charge in [0.25, 0.3) is 0 Å². The molecule has 1 rings (SSSR count). The minimum Gasteiger partial charge on any atom is -0.402 e. The Kier molecular flexibility index (Phi) is 0.932. The first kappa shape index (κ1) is 6.25. The van der Waals surface area contributed by atoms with Crippen LogP contribution in [0.2, 0.25) is 0 Å². The highest BCUT2D eigenvalue weighted by Crippen LogP contribution is 2.31. The smallest absolute Gasteiger partial charge is 0.137 e. The second-order valence-electron chi connectivity index (χ2n) is 2.30. The summed E-state index contributed by atoms with van der Waals surface area (Å²) in [4.78, 5) is 0. The summed E-state index contributed by atoms with van der Waals surface area (Å²) in [5, 5.41) is 7.11. The van der Waals surface area contributed by atoms with Crippen LogP contribution >= 0.6 is 0 Å². The van der Waals surface area contributed by atoms with Crippen molar-refractivity contribution in [2.45, 2.75) is 12.6 Å². The molecule has 0 amide bonds. The lowest BCUT2D eigenvalue weighted by atomic mass is 10.4. The van der Waals surface area contributed by atoms with Crippen molar-refractivity contribution >= 4 is 5.71 Å². The lowest BCUT2D eigenvalue weighted by Crippen LogP contribution is -2.36. The Labute approximate surface area is 53.2 Å². The van der Waals surface area contributed by atoms with Gasteiger partial charge in [0.1, 0.15) is 5.66 Å². The molecule has 0 heterocycles. The minimum absolute atomic E-state index is 0.252. The maximum Gasteiger partial charge on any atom is 0.137 e. The van der Waals surface area contributed by atoms with Crippen LogP contribution in [0.1, 0.15) is 6.92 Å². The molecule has 0 aromatic rings. The lowest BCUT2D eigenvalue weighted by Gasteiger charge is -1.92. The third-order valence-electron chi connectivity index (χ3n) is 1.41. The molecule has 0 aliphatic heterocycles. The quantitative estimate of drug-likeness (QED) is 0.309. The number of allylic oxidation sites excluding steroid dienone is 1. The van der Waals surface area contributed by atoms with Gasteiger partial charge in [0.05, 0.1) is 5.71 Å². The maximum atomic E-state index is 7.11. The Morgan fingerprint density at radius 3 is 1.89 bits per heavy atom. The minimum atomic E-state index is -1.02. The average Bonchev–Trinajstić information content (AvgIpc) is 2.07. The van der Waals surface area contributed by atoms with Gasteiger partial charge in [0.15, 0.2) is 0 Å². The molecule has 0 atom stereocenters. The SMILES string of the molecule is CC(N)=C1C(=N)C1(N)N. The second-order valence-corrected chi connectivity index (χ2v) is 2.30. The van der Waals surface area contributed by atoms with Crippen molar-refractivity contribution in [1.82, 2.24) is 0 Å². The highest BCUT2D eigenvalue weighted by atomic mass is 15.1. The molecule has 1 aliphatic rings. The molecule has 1 saturated carbocycles. The molecule has 0 aromatic carbocycles. The van der Waals surface area contributed by atoms with Crippen LogP contribution in [0.5, 0.6) is 0 Å². The summed E-state index contributed by atoms with van der Waals surface area (Å²) in [5.74, 6) is 0. The van der Waals surface area contributed by atoms with E-state index in [9.17, 15) is 0 Å². The standard InChI is InChI=1S/C5H10N4/c1-2(6)3-4(7)5(3,8)9/h7H,6,8-9H2,1H3. The Morgan fingerprint density at radius 2 is 1.89 bits per heavy atom. The summed E-state index contributed by atoms with van der Waals surface area (Å²) in [6, 6.07) is 0. The fourth-order valence-electron chi connectivity index (χ4n) is 0.834. The molecule has 4 nitrogen and oxygen atoms in total. The van der Waals surface area contributed by atoms with Crippen LogP contribution in [0.25, 0.3) is 0 Å². The van der Waals surface area contributed by atoms with Gasteiger partial charge in [-0.1, -0.05) is 0 Å². The summed E-state index contributed by atoms with van der Waals surface area (Å²) in [5.41, 5.74) is 16.5. The van der Waals surface area contributed by atoms with Crippen LogP contribution in [-0.2, 0) is 0 Å². The van der Waals surface area contributed by atoms with E-state index in [-0.39, 0.29) is 5.71 Å². The fraction of sp³-hybridized carbons (Fsp3) is 0.400. The van der Waals surface area contributed by atoms with Crippen molar-refractivity contribution in [2.75, 3.05) is 0 Å². The molecule has 7 N–H and O–H groups in total. The van der Waals surface area contributed by atoms with E-state index < -0.39 is 5.66 Å². The largest absolute Gasteiger partial charge is 0.402 e. The van der Waals surface area contributed by atoms with E-state index in [0.717, 1.165) is 0 Å². The van der Waals surface area contributed by atoms with Gasteiger partial charge in [-0.25, -0.2) is 0 Å². The molecular formula is C5H10N4. The van der Waals surface area contributed by atoms with Gasteiger partial charge in [-0.15, -0.1) is 0 Å². The van der Waals surface area contributed by atoms with Crippen molar-refractivity contribution in [3.8, 4) is 0 Å². The zero-order valence-corrected chi connectivity index (χ0v) is 5.23. The highest BCUT2D eigenvalue weighted by Gasteiger charge is 2.50. The molecule has 50 valence electrons. The molecule has 4 heteroatoms. The van der Waals surface area contributed by atoms with Gasteiger partial charge >= 0.3 is 0 Å². The molecule has 0 saturated heterocycles. The third-order valence-corrected chi connectivity index (χ3v) is 1.41. The van der Waals surface area contributed by atoms with E-state index in [4.69, 9.17) is 22.6 Å². The molecule has 1 aliphatic carbocycles. The van der Waals surface area contributed by atoms with Crippen molar-refractivity contribution in [1.29, 1.82) is 5.41 Å². The van der Waals surface area contributed by atoms with E-state index >= 15 is 0 Å². The summed E-state index contributed by atoms with van der Waals surface area (Å²) < 4.78 is 0. The molecule has 0 bridgehead atoms. The second kappa shape index (κ2) is 1.34. The monoisotopic (exact) mass is 126 g/mol. The Morgan fingerprint density at radius 1 is 1.56 bits per heavy atom. The van der Waals surface area contributed by atoms with E-state index in [0.29, 0.717) is 11.3 Å². The first-order chi connectivity index (χ1) is 3.98. The van der Waals surface area contributed by atoms with Crippen molar-refractivity contribution in [3.05, 3.63) is 11.3 Å². The van der Waals surface area contributed by atoms with Crippen LogP contribution in [0.4, 0.5) is 0 Å². The highest BCUT2D eigenvalue weighted by molar-refractivity contribution is 6.26. The number of nitrogens with two attached hydrogens (primary N) is 3. The van der Waals surface area contributed by atoms with Crippen molar-refractivity contribution in [2.24, 2.45) is 17.2 Å². The van der Waals surface area contributed by atoms with Crippen LogP contribution in [0.3, 0.4) is 0 Å². The summed E-state index contributed by atoms with van der Waals surface area (Å²) in [6.07, 6.45) is 0. The van der Waals surface area contributed by atoms with Gasteiger partial charge < -0.3 is 22.6 Å². The normalized spacial score (nSPS) is 28.1. The van der Waals surface area contributed by atoms with Gasteiger partial charge in [-0.2, -0.15) is 0 Å². The number of hydrogen-bond donors (Lipinski definition) is 4. The van der Waals surface area contributed by atoms with Gasteiger partial charge in [0.2, 0.25) is 0 Å². The maximum absolute atomic E-state index is 7.11. The molecule has 1 fully saturated rings.